The molecule has 0 fully saturated rings. The summed E-state index contributed by atoms with van der Waals surface area (Å²) in [5, 5.41) is 8.58. The highest BCUT2D eigenvalue weighted by Crippen LogP contribution is 2.17. The van der Waals surface area contributed by atoms with Crippen molar-refractivity contribution >= 4 is 17.1 Å². The Morgan fingerprint density at radius 1 is 1.53 bits per heavy atom. The van der Waals surface area contributed by atoms with Crippen LogP contribution in [0.15, 0.2) is 22.6 Å². The number of oxazole rings is 1. The maximum absolute atomic E-state index is 11.6. The third kappa shape index (κ3) is 2.62. The van der Waals surface area contributed by atoms with E-state index in [1.807, 2.05) is 0 Å². The van der Waals surface area contributed by atoms with Gasteiger partial charge in [-0.1, -0.05) is 0 Å². The molecule has 5 heteroatoms. The molecule has 1 aromatic carbocycles. The molecular weight excluding hydrogens is 222 g/mol. The van der Waals surface area contributed by atoms with Crippen LogP contribution in [0.1, 0.15) is 22.7 Å². The largest absolute Gasteiger partial charge is 0.462 e. The number of fused-ring (bicyclic) bond motifs is 1. The number of carbonyl (C=O) groups excluding carboxylic acids is 1. The second-order valence-corrected chi connectivity index (χ2v) is 3.63. The molecule has 0 radical (unpaired) electrons. The highest BCUT2D eigenvalue weighted by Gasteiger charge is 2.10. The van der Waals surface area contributed by atoms with E-state index in [1.165, 1.54) is 0 Å². The van der Waals surface area contributed by atoms with Gasteiger partial charge >= 0.3 is 5.97 Å². The Labute approximate surface area is 98.0 Å². The minimum absolute atomic E-state index is 0.00755. The molecule has 0 aliphatic rings. The van der Waals surface area contributed by atoms with Crippen LogP contribution < -0.4 is 0 Å². The van der Waals surface area contributed by atoms with Crippen LogP contribution >= 0.6 is 0 Å². The molecule has 17 heavy (non-hydrogen) atoms. The molecule has 0 saturated heterocycles. The molecule has 0 saturated carbocycles. The van der Waals surface area contributed by atoms with E-state index >= 15 is 0 Å². The van der Waals surface area contributed by atoms with Crippen molar-refractivity contribution in [3.8, 4) is 0 Å². The number of benzene rings is 1. The van der Waals surface area contributed by atoms with Gasteiger partial charge in [0, 0.05) is 20.0 Å². The van der Waals surface area contributed by atoms with Gasteiger partial charge in [0.05, 0.1) is 12.2 Å². The molecule has 0 atom stereocenters. The number of nitrogens with zero attached hydrogens (tertiary/aromatic N) is 1. The second-order valence-electron chi connectivity index (χ2n) is 3.63. The highest BCUT2D eigenvalue weighted by atomic mass is 16.5. The number of aliphatic hydroxyl groups excluding tert-OH is 1. The number of ether oxygens (including phenoxy) is 1. The summed E-state index contributed by atoms with van der Waals surface area (Å²) in [7, 11) is 0. The first-order valence-corrected chi connectivity index (χ1v) is 5.36. The Hall–Kier alpha value is -1.88. The molecule has 1 N–H and O–H groups in total. The Bertz CT molecular complexity index is 532. The number of rotatable bonds is 4. The zero-order valence-corrected chi connectivity index (χ0v) is 9.47. The van der Waals surface area contributed by atoms with E-state index in [4.69, 9.17) is 14.3 Å². The van der Waals surface area contributed by atoms with E-state index in [0.29, 0.717) is 23.5 Å². The topological polar surface area (TPSA) is 72.6 Å². The molecule has 0 aliphatic carbocycles. The van der Waals surface area contributed by atoms with Gasteiger partial charge in [0.1, 0.15) is 5.52 Å². The predicted octanol–water partition coefficient (Wildman–Crippen LogP) is 1.68. The summed E-state index contributed by atoms with van der Waals surface area (Å²) in [4.78, 5) is 15.7. The van der Waals surface area contributed by atoms with Gasteiger partial charge in [-0.15, -0.1) is 0 Å². The number of hydrogen-bond acceptors (Lipinski definition) is 5. The average molecular weight is 235 g/mol. The molecule has 0 unspecified atom stereocenters. The molecule has 2 rings (SSSR count). The van der Waals surface area contributed by atoms with Crippen molar-refractivity contribution in [3.63, 3.8) is 0 Å². The van der Waals surface area contributed by atoms with Gasteiger partial charge in [-0.3, -0.25) is 0 Å². The first-order chi connectivity index (χ1) is 8.20. The Morgan fingerprint density at radius 3 is 3.12 bits per heavy atom. The number of hydrogen-bond donors (Lipinski definition) is 1. The van der Waals surface area contributed by atoms with Crippen molar-refractivity contribution in [1.82, 2.24) is 4.98 Å². The fraction of sp³-hybridized carbons (Fsp3) is 0.333. The first kappa shape index (κ1) is 11.6. The normalized spacial score (nSPS) is 10.7. The van der Waals surface area contributed by atoms with Crippen LogP contribution in [0.4, 0.5) is 0 Å². The quantitative estimate of drug-likeness (QED) is 0.644. The lowest BCUT2D eigenvalue weighted by atomic mass is 10.2. The van der Waals surface area contributed by atoms with E-state index in [-0.39, 0.29) is 13.2 Å². The smallest absolute Gasteiger partial charge is 0.338 e. The molecule has 90 valence electrons. The molecule has 0 bridgehead atoms. The van der Waals surface area contributed by atoms with Crippen molar-refractivity contribution in [1.29, 1.82) is 0 Å². The standard InChI is InChI=1S/C12H13NO4/c1-8-13-10-4-3-9(7-11(10)17-8)12(15)16-6-2-5-14/h3-4,7,14H,2,5-6H2,1H3. The molecule has 0 amide bonds. The maximum Gasteiger partial charge on any atom is 0.338 e. The van der Waals surface area contributed by atoms with Crippen molar-refractivity contribution in [2.24, 2.45) is 0 Å². The third-order valence-corrected chi connectivity index (χ3v) is 2.27. The summed E-state index contributed by atoms with van der Waals surface area (Å²) in [5.74, 6) is 0.139. The second kappa shape index (κ2) is 4.97. The summed E-state index contributed by atoms with van der Waals surface area (Å²) in [6.45, 7) is 1.97. The van der Waals surface area contributed by atoms with Crippen LogP contribution in [0.5, 0.6) is 0 Å². The van der Waals surface area contributed by atoms with Crippen LogP contribution in [0, 0.1) is 6.92 Å². The number of aryl methyl sites for hydroxylation is 1. The van der Waals surface area contributed by atoms with Gasteiger partial charge in [0.25, 0.3) is 0 Å². The lowest BCUT2D eigenvalue weighted by molar-refractivity contribution is 0.0482. The lowest BCUT2D eigenvalue weighted by Crippen LogP contribution is -2.07. The fourth-order valence-corrected chi connectivity index (χ4v) is 1.48. The van der Waals surface area contributed by atoms with Gasteiger partial charge in [-0.25, -0.2) is 9.78 Å². The summed E-state index contributed by atoms with van der Waals surface area (Å²) in [5.41, 5.74) is 1.71. The average Bonchev–Trinajstić information content (AvgIpc) is 2.68. The van der Waals surface area contributed by atoms with Crippen LogP contribution in [0.25, 0.3) is 11.1 Å². The van der Waals surface area contributed by atoms with Crippen molar-refractivity contribution in [2.75, 3.05) is 13.2 Å². The molecule has 5 nitrogen and oxygen atoms in total. The van der Waals surface area contributed by atoms with E-state index in [2.05, 4.69) is 4.98 Å². The van der Waals surface area contributed by atoms with Gasteiger partial charge in [0.2, 0.25) is 0 Å². The summed E-state index contributed by atoms with van der Waals surface area (Å²) in [6, 6.07) is 4.97. The van der Waals surface area contributed by atoms with Crippen LogP contribution in [-0.4, -0.2) is 29.3 Å². The molecule has 1 aromatic heterocycles. The zero-order chi connectivity index (χ0) is 12.3. The van der Waals surface area contributed by atoms with Crippen molar-refractivity contribution in [3.05, 3.63) is 29.7 Å². The minimum Gasteiger partial charge on any atom is -0.462 e. The van der Waals surface area contributed by atoms with Gasteiger partial charge < -0.3 is 14.3 Å². The Balaban J connectivity index is 2.15. The lowest BCUT2D eigenvalue weighted by Gasteiger charge is -2.02. The Kier molecular flexibility index (Phi) is 3.39. The van der Waals surface area contributed by atoms with Crippen LogP contribution in [0.2, 0.25) is 0 Å². The van der Waals surface area contributed by atoms with Crippen molar-refractivity contribution in [2.45, 2.75) is 13.3 Å². The van der Waals surface area contributed by atoms with Crippen molar-refractivity contribution < 1.29 is 19.1 Å². The predicted molar refractivity (Wildman–Crippen MR) is 60.7 cm³/mol. The van der Waals surface area contributed by atoms with Crippen LogP contribution in [-0.2, 0) is 4.74 Å². The molecular formula is C12H13NO4. The highest BCUT2D eigenvalue weighted by molar-refractivity contribution is 5.93. The number of aliphatic hydroxyl groups is 1. The van der Waals surface area contributed by atoms with E-state index < -0.39 is 5.97 Å². The molecule has 2 aromatic rings. The summed E-state index contributed by atoms with van der Waals surface area (Å²) >= 11 is 0. The number of carbonyl (C=O) groups is 1. The minimum atomic E-state index is -0.422. The molecule has 0 aliphatic heterocycles. The number of esters is 1. The van der Waals surface area contributed by atoms with Gasteiger partial charge in [0.15, 0.2) is 11.5 Å². The third-order valence-electron chi connectivity index (χ3n) is 2.27. The maximum atomic E-state index is 11.6. The SMILES string of the molecule is Cc1nc2ccc(C(=O)OCCCO)cc2o1. The van der Waals surface area contributed by atoms with E-state index in [1.54, 1.807) is 25.1 Å². The summed E-state index contributed by atoms with van der Waals surface area (Å²) in [6.07, 6.45) is 0.440. The molecule has 0 spiro atoms. The van der Waals surface area contributed by atoms with E-state index in [0.717, 1.165) is 5.52 Å². The number of aromatic nitrogens is 1. The first-order valence-electron chi connectivity index (χ1n) is 5.36. The van der Waals surface area contributed by atoms with Gasteiger partial charge in [-0.05, 0) is 18.2 Å². The van der Waals surface area contributed by atoms with Gasteiger partial charge in [-0.2, -0.15) is 0 Å². The summed E-state index contributed by atoms with van der Waals surface area (Å²) < 4.78 is 10.3. The molecule has 1 heterocycles. The van der Waals surface area contributed by atoms with E-state index in [9.17, 15) is 4.79 Å². The Morgan fingerprint density at radius 2 is 2.35 bits per heavy atom. The monoisotopic (exact) mass is 235 g/mol. The zero-order valence-electron chi connectivity index (χ0n) is 9.47. The van der Waals surface area contributed by atoms with Crippen LogP contribution in [0.3, 0.4) is 0 Å². The fourth-order valence-electron chi connectivity index (χ4n) is 1.48.